The summed E-state index contributed by atoms with van der Waals surface area (Å²) in [5.41, 5.74) is 7.72. The summed E-state index contributed by atoms with van der Waals surface area (Å²) in [4.78, 5) is 22.9. The van der Waals surface area contributed by atoms with Gasteiger partial charge in [0.15, 0.2) is 0 Å². The maximum absolute atomic E-state index is 12.4. The zero-order valence-corrected chi connectivity index (χ0v) is 20.8. The highest BCUT2D eigenvalue weighted by Crippen LogP contribution is 2.36. The average molecular weight is 448 g/mol. The highest BCUT2D eigenvalue weighted by molar-refractivity contribution is 6.76. The minimum absolute atomic E-state index is 0.243. The van der Waals surface area contributed by atoms with Crippen LogP contribution in [0.1, 0.15) is 45.1 Å². The molecule has 0 saturated carbocycles. The van der Waals surface area contributed by atoms with E-state index >= 15 is 0 Å². The molecule has 3 rings (SSSR count). The van der Waals surface area contributed by atoms with Crippen molar-refractivity contribution in [3.05, 3.63) is 18.1 Å². The van der Waals surface area contributed by atoms with Crippen molar-refractivity contribution < 1.29 is 14.3 Å². The Labute approximate surface area is 186 Å². The van der Waals surface area contributed by atoms with Crippen LogP contribution in [0.25, 0.3) is 11.0 Å². The minimum atomic E-state index is -1.13. The Morgan fingerprint density at radius 1 is 1.23 bits per heavy atom. The SMILES string of the molecule is CC(C)(C)OC(=O)N1CCC(c2cn(COCC[Si](C)(C)C)c3ncnc(N)c23)CC1. The van der Waals surface area contributed by atoms with Crippen molar-refractivity contribution in [2.75, 3.05) is 25.4 Å². The van der Waals surface area contributed by atoms with Crippen molar-refractivity contribution in [3.8, 4) is 0 Å². The molecule has 1 aliphatic rings. The lowest BCUT2D eigenvalue weighted by Gasteiger charge is -2.33. The number of likely N-dealkylation sites (tertiary alicyclic amines) is 1. The van der Waals surface area contributed by atoms with Crippen LogP contribution in [0, 0.1) is 0 Å². The van der Waals surface area contributed by atoms with Crippen LogP contribution in [0.5, 0.6) is 0 Å². The molecule has 1 aliphatic heterocycles. The number of nitrogens with two attached hydrogens (primary N) is 1. The molecule has 0 aromatic carbocycles. The first-order valence-electron chi connectivity index (χ1n) is 11.1. The van der Waals surface area contributed by atoms with Gasteiger partial charge in [-0.25, -0.2) is 14.8 Å². The summed E-state index contributed by atoms with van der Waals surface area (Å²) in [6, 6.07) is 1.12. The van der Waals surface area contributed by atoms with Crippen molar-refractivity contribution in [2.24, 2.45) is 0 Å². The number of carbonyl (C=O) groups is 1. The Balaban J connectivity index is 1.72. The third-order valence-electron chi connectivity index (χ3n) is 5.53. The molecule has 0 atom stereocenters. The van der Waals surface area contributed by atoms with Gasteiger partial charge in [0.1, 0.15) is 30.1 Å². The van der Waals surface area contributed by atoms with Crippen LogP contribution in [0.15, 0.2) is 12.5 Å². The third-order valence-corrected chi connectivity index (χ3v) is 7.23. The number of piperidine rings is 1. The number of hydrogen-bond donors (Lipinski definition) is 1. The van der Waals surface area contributed by atoms with Crippen LogP contribution in [0.3, 0.4) is 0 Å². The van der Waals surface area contributed by atoms with Gasteiger partial charge >= 0.3 is 6.09 Å². The number of nitrogen functional groups attached to an aromatic ring is 1. The average Bonchev–Trinajstić information content (AvgIpc) is 3.03. The van der Waals surface area contributed by atoms with Gasteiger partial charge < -0.3 is 24.7 Å². The second-order valence-corrected chi connectivity index (χ2v) is 16.2. The van der Waals surface area contributed by atoms with Gasteiger partial charge in [0, 0.05) is 34.0 Å². The number of ether oxygens (including phenoxy) is 2. The van der Waals surface area contributed by atoms with Crippen molar-refractivity contribution in [3.63, 3.8) is 0 Å². The van der Waals surface area contributed by atoms with Gasteiger partial charge in [-0.2, -0.15) is 0 Å². The van der Waals surface area contributed by atoms with Crippen LogP contribution in [0.2, 0.25) is 25.7 Å². The summed E-state index contributed by atoms with van der Waals surface area (Å²) in [7, 11) is -1.13. The molecule has 0 unspecified atom stereocenters. The Bertz CT molecular complexity index is 908. The highest BCUT2D eigenvalue weighted by Gasteiger charge is 2.29. The smallest absolute Gasteiger partial charge is 0.410 e. The van der Waals surface area contributed by atoms with Gasteiger partial charge in [0.05, 0.1) is 5.39 Å². The number of fused-ring (bicyclic) bond motifs is 1. The summed E-state index contributed by atoms with van der Waals surface area (Å²) in [5.74, 6) is 0.785. The first kappa shape index (κ1) is 23.5. The molecule has 2 aromatic rings. The molecule has 1 amide bonds. The Morgan fingerprint density at radius 2 is 1.90 bits per heavy atom. The second kappa shape index (κ2) is 9.16. The molecule has 0 radical (unpaired) electrons. The summed E-state index contributed by atoms with van der Waals surface area (Å²) < 4.78 is 13.5. The fourth-order valence-electron chi connectivity index (χ4n) is 3.83. The Kier molecular flexibility index (Phi) is 6.95. The molecule has 172 valence electrons. The van der Waals surface area contributed by atoms with E-state index in [1.54, 1.807) is 4.90 Å². The van der Waals surface area contributed by atoms with E-state index in [4.69, 9.17) is 15.2 Å². The number of rotatable bonds is 6. The molecule has 0 bridgehead atoms. The van der Waals surface area contributed by atoms with Gasteiger partial charge in [-0.15, -0.1) is 0 Å². The largest absolute Gasteiger partial charge is 0.444 e. The number of amides is 1. The van der Waals surface area contributed by atoms with E-state index < -0.39 is 13.7 Å². The number of aromatic nitrogens is 3. The molecule has 1 fully saturated rings. The fraction of sp³-hybridized carbons (Fsp3) is 0.682. The van der Waals surface area contributed by atoms with Crippen LogP contribution in [-0.2, 0) is 16.2 Å². The first-order chi connectivity index (χ1) is 14.4. The zero-order chi connectivity index (χ0) is 22.8. The monoisotopic (exact) mass is 447 g/mol. The maximum atomic E-state index is 12.4. The van der Waals surface area contributed by atoms with E-state index in [1.165, 1.54) is 6.33 Å². The highest BCUT2D eigenvalue weighted by atomic mass is 28.3. The fourth-order valence-corrected chi connectivity index (χ4v) is 4.58. The topological polar surface area (TPSA) is 95.5 Å². The van der Waals surface area contributed by atoms with Gasteiger partial charge in [0.25, 0.3) is 0 Å². The Hall–Kier alpha value is -2.13. The van der Waals surface area contributed by atoms with Crippen molar-refractivity contribution in [1.82, 2.24) is 19.4 Å². The maximum Gasteiger partial charge on any atom is 0.410 e. The molecule has 0 aliphatic carbocycles. The summed E-state index contributed by atoms with van der Waals surface area (Å²) in [6.45, 7) is 15.2. The van der Waals surface area contributed by atoms with E-state index in [0.717, 1.165) is 42.1 Å². The Morgan fingerprint density at radius 3 is 2.52 bits per heavy atom. The number of carbonyl (C=O) groups excluding carboxylic acids is 1. The van der Waals surface area contributed by atoms with Gasteiger partial charge in [-0.05, 0) is 51.1 Å². The molecule has 8 nitrogen and oxygen atoms in total. The van der Waals surface area contributed by atoms with Crippen molar-refractivity contribution >= 4 is 31.0 Å². The molecule has 0 spiro atoms. The lowest BCUT2D eigenvalue weighted by atomic mass is 9.89. The van der Waals surface area contributed by atoms with Crippen molar-refractivity contribution in [2.45, 2.75) is 77.5 Å². The molecule has 9 heteroatoms. The lowest BCUT2D eigenvalue weighted by Crippen LogP contribution is -2.41. The minimum Gasteiger partial charge on any atom is -0.444 e. The molecular formula is C22H37N5O3Si. The van der Waals surface area contributed by atoms with Crippen LogP contribution < -0.4 is 5.73 Å². The van der Waals surface area contributed by atoms with E-state index in [2.05, 4.69) is 35.8 Å². The quantitative estimate of drug-likeness (QED) is 0.519. The first-order valence-corrected chi connectivity index (χ1v) is 14.8. The van der Waals surface area contributed by atoms with Gasteiger partial charge in [-0.3, -0.25) is 0 Å². The van der Waals surface area contributed by atoms with Crippen molar-refractivity contribution in [1.29, 1.82) is 0 Å². The third kappa shape index (κ3) is 6.19. The van der Waals surface area contributed by atoms with Crippen LogP contribution in [0.4, 0.5) is 10.6 Å². The van der Waals surface area contributed by atoms with Gasteiger partial charge in [-0.1, -0.05) is 19.6 Å². The summed E-state index contributed by atoms with van der Waals surface area (Å²) in [6.07, 6.45) is 5.07. The summed E-state index contributed by atoms with van der Waals surface area (Å²) >= 11 is 0. The van der Waals surface area contributed by atoms with Crippen LogP contribution in [-0.4, -0.2) is 58.9 Å². The van der Waals surface area contributed by atoms with E-state index in [9.17, 15) is 4.79 Å². The second-order valence-electron chi connectivity index (χ2n) is 10.6. The standard InChI is InChI=1S/C22H37N5O3Si/c1-22(2,3)30-21(28)26-9-7-16(8-10-26)17-13-27(15-29-11-12-31(4,5)6)20-18(17)19(23)24-14-25-20/h13-14,16H,7-12,15H2,1-6H3,(H2,23,24,25). The zero-order valence-electron chi connectivity index (χ0n) is 19.8. The molecule has 2 N–H and O–H groups in total. The van der Waals surface area contributed by atoms with E-state index in [-0.39, 0.29) is 12.0 Å². The predicted octanol–water partition coefficient (Wildman–Crippen LogP) is 4.44. The number of hydrogen-bond acceptors (Lipinski definition) is 6. The lowest BCUT2D eigenvalue weighted by molar-refractivity contribution is 0.0205. The molecule has 2 aromatic heterocycles. The normalized spacial score (nSPS) is 16.1. The number of anilines is 1. The van der Waals surface area contributed by atoms with E-state index in [0.29, 0.717) is 25.6 Å². The van der Waals surface area contributed by atoms with Gasteiger partial charge in [0.2, 0.25) is 0 Å². The summed E-state index contributed by atoms with van der Waals surface area (Å²) in [5, 5.41) is 0.909. The van der Waals surface area contributed by atoms with Crippen LogP contribution >= 0.6 is 0 Å². The van der Waals surface area contributed by atoms with E-state index in [1.807, 2.05) is 25.3 Å². The number of nitrogens with zero attached hydrogens (tertiary/aromatic N) is 4. The molecular weight excluding hydrogens is 410 g/mol. The predicted molar refractivity (Wildman–Crippen MR) is 126 cm³/mol. The molecule has 3 heterocycles. The molecule has 31 heavy (non-hydrogen) atoms. The molecule has 1 saturated heterocycles.